The number of carbonyl (C=O) groups is 1. The molecule has 1 saturated heterocycles. The van der Waals surface area contributed by atoms with Gasteiger partial charge in [0.25, 0.3) is 5.91 Å². The summed E-state index contributed by atoms with van der Waals surface area (Å²) in [4.78, 5) is 25.9. The third-order valence-corrected chi connectivity index (χ3v) is 4.85. The summed E-state index contributed by atoms with van der Waals surface area (Å²) >= 11 is 0. The van der Waals surface area contributed by atoms with E-state index in [2.05, 4.69) is 20.6 Å². The van der Waals surface area contributed by atoms with Gasteiger partial charge in [0.15, 0.2) is 0 Å². The van der Waals surface area contributed by atoms with Crippen molar-refractivity contribution in [1.29, 1.82) is 0 Å². The van der Waals surface area contributed by atoms with Gasteiger partial charge >= 0.3 is 0 Å². The predicted octanol–water partition coefficient (Wildman–Crippen LogP) is 1.84. The molecule has 0 bridgehead atoms. The molecule has 1 amide bonds. The van der Waals surface area contributed by atoms with Crippen LogP contribution < -0.4 is 0 Å². The van der Waals surface area contributed by atoms with Gasteiger partial charge in [0.2, 0.25) is 0 Å². The van der Waals surface area contributed by atoms with Crippen molar-refractivity contribution in [2.75, 3.05) is 19.6 Å². The lowest BCUT2D eigenvalue weighted by atomic mass is 10.2. The maximum Gasteiger partial charge on any atom is 0.255 e. The number of nitrogens with zero attached hydrogens (tertiary/aromatic N) is 5. The first-order chi connectivity index (χ1) is 11.7. The largest absolute Gasteiger partial charge is 0.331 e. The van der Waals surface area contributed by atoms with Gasteiger partial charge in [-0.1, -0.05) is 0 Å². The van der Waals surface area contributed by atoms with E-state index in [9.17, 15) is 4.79 Å². The van der Waals surface area contributed by atoms with Crippen molar-refractivity contribution in [2.45, 2.75) is 39.4 Å². The van der Waals surface area contributed by atoms with Crippen molar-refractivity contribution in [3.05, 3.63) is 47.3 Å². The van der Waals surface area contributed by atoms with E-state index >= 15 is 0 Å². The van der Waals surface area contributed by atoms with Gasteiger partial charge in [-0.3, -0.25) is 14.7 Å². The number of pyridine rings is 1. The molecule has 1 fully saturated rings. The third kappa shape index (κ3) is 3.06. The van der Waals surface area contributed by atoms with Crippen LogP contribution in [0, 0.1) is 6.92 Å². The Kier molecular flexibility index (Phi) is 4.06. The number of rotatable bonds is 3. The van der Waals surface area contributed by atoms with Crippen molar-refractivity contribution in [1.82, 2.24) is 24.3 Å². The van der Waals surface area contributed by atoms with E-state index < -0.39 is 0 Å². The molecule has 6 heteroatoms. The second kappa shape index (κ2) is 6.36. The summed E-state index contributed by atoms with van der Waals surface area (Å²) in [7, 11) is 0. The number of hydrogen-bond donors (Lipinski definition) is 0. The molecule has 2 aromatic rings. The smallest absolute Gasteiger partial charge is 0.255 e. The second-order valence-electron chi connectivity index (χ2n) is 6.80. The Morgan fingerprint density at radius 2 is 2.00 bits per heavy atom. The molecule has 4 heterocycles. The van der Waals surface area contributed by atoms with Crippen LogP contribution in [0.1, 0.15) is 40.3 Å². The van der Waals surface area contributed by atoms with Crippen LogP contribution in [0.2, 0.25) is 0 Å². The predicted molar refractivity (Wildman–Crippen MR) is 90.5 cm³/mol. The van der Waals surface area contributed by atoms with E-state index in [1.165, 1.54) is 25.9 Å². The van der Waals surface area contributed by atoms with Gasteiger partial charge in [-0.05, 0) is 44.5 Å². The number of aromatic nitrogens is 3. The summed E-state index contributed by atoms with van der Waals surface area (Å²) in [5.74, 6) is 1.03. The zero-order chi connectivity index (χ0) is 16.5. The van der Waals surface area contributed by atoms with Crippen LogP contribution in [0.15, 0.2) is 24.7 Å². The molecule has 0 N–H and O–H groups in total. The highest BCUT2D eigenvalue weighted by molar-refractivity contribution is 5.94. The fourth-order valence-electron chi connectivity index (χ4n) is 3.59. The number of amides is 1. The summed E-state index contributed by atoms with van der Waals surface area (Å²) in [5, 5.41) is 0. The first kappa shape index (κ1) is 15.3. The Labute approximate surface area is 142 Å². The SMILES string of the molecule is Cc1cncc(C(=O)N2CCn3cc(CN4CCCC4)nc3C2)c1. The number of carbonyl (C=O) groups excluding carboxylic acids is 1. The van der Waals surface area contributed by atoms with Gasteiger partial charge in [0.1, 0.15) is 5.82 Å². The van der Waals surface area contributed by atoms with Crippen LogP contribution in [0.5, 0.6) is 0 Å². The van der Waals surface area contributed by atoms with Crippen LogP contribution in [0.4, 0.5) is 0 Å². The van der Waals surface area contributed by atoms with Gasteiger partial charge in [-0.2, -0.15) is 0 Å². The molecule has 0 radical (unpaired) electrons. The molecule has 0 spiro atoms. The van der Waals surface area contributed by atoms with E-state index in [-0.39, 0.29) is 5.91 Å². The minimum absolute atomic E-state index is 0.0431. The fourth-order valence-corrected chi connectivity index (χ4v) is 3.59. The lowest BCUT2D eigenvalue weighted by molar-refractivity contribution is 0.0707. The van der Waals surface area contributed by atoms with E-state index in [1.54, 1.807) is 12.4 Å². The van der Waals surface area contributed by atoms with Crippen LogP contribution in [-0.4, -0.2) is 49.9 Å². The third-order valence-electron chi connectivity index (χ3n) is 4.85. The Hall–Kier alpha value is -2.21. The van der Waals surface area contributed by atoms with Gasteiger partial charge in [-0.25, -0.2) is 4.98 Å². The maximum absolute atomic E-state index is 12.7. The molecule has 2 aliphatic rings. The molecule has 126 valence electrons. The van der Waals surface area contributed by atoms with E-state index in [1.807, 2.05) is 17.9 Å². The van der Waals surface area contributed by atoms with Gasteiger partial charge in [-0.15, -0.1) is 0 Å². The van der Waals surface area contributed by atoms with E-state index in [4.69, 9.17) is 4.98 Å². The van der Waals surface area contributed by atoms with E-state index in [0.29, 0.717) is 12.1 Å². The minimum Gasteiger partial charge on any atom is -0.331 e. The standard InChI is InChI=1S/C18H23N5O/c1-14-8-15(10-19-9-14)18(24)23-7-6-22-12-16(20-17(22)13-23)11-21-4-2-3-5-21/h8-10,12H,2-7,11,13H2,1H3. The van der Waals surface area contributed by atoms with Crippen LogP contribution >= 0.6 is 0 Å². The highest BCUT2D eigenvalue weighted by atomic mass is 16.2. The Bertz CT molecular complexity index is 748. The van der Waals surface area contributed by atoms with Crippen molar-refractivity contribution in [3.63, 3.8) is 0 Å². The lowest BCUT2D eigenvalue weighted by Crippen LogP contribution is -2.38. The average Bonchev–Trinajstić information content (AvgIpc) is 3.22. The molecular formula is C18H23N5O. The van der Waals surface area contributed by atoms with Crippen LogP contribution in [0.3, 0.4) is 0 Å². The highest BCUT2D eigenvalue weighted by Gasteiger charge is 2.24. The highest BCUT2D eigenvalue weighted by Crippen LogP contribution is 2.18. The summed E-state index contributed by atoms with van der Waals surface area (Å²) < 4.78 is 2.20. The molecule has 6 nitrogen and oxygen atoms in total. The maximum atomic E-state index is 12.7. The van der Waals surface area contributed by atoms with Crippen molar-refractivity contribution < 1.29 is 4.79 Å². The zero-order valence-corrected chi connectivity index (χ0v) is 14.1. The van der Waals surface area contributed by atoms with Gasteiger partial charge < -0.3 is 9.47 Å². The molecule has 0 saturated carbocycles. The Morgan fingerprint density at radius 1 is 1.17 bits per heavy atom. The fraction of sp³-hybridized carbons (Fsp3) is 0.500. The second-order valence-corrected chi connectivity index (χ2v) is 6.80. The number of imidazole rings is 1. The normalized spacial score (nSPS) is 18.0. The summed E-state index contributed by atoms with van der Waals surface area (Å²) in [5.41, 5.74) is 2.79. The zero-order valence-electron chi connectivity index (χ0n) is 14.1. The molecule has 0 aromatic carbocycles. The lowest BCUT2D eigenvalue weighted by Gasteiger charge is -2.27. The average molecular weight is 325 g/mol. The molecule has 0 unspecified atom stereocenters. The Balaban J connectivity index is 1.47. The molecular weight excluding hydrogens is 302 g/mol. The van der Waals surface area contributed by atoms with E-state index in [0.717, 1.165) is 36.7 Å². The van der Waals surface area contributed by atoms with Crippen molar-refractivity contribution in [2.24, 2.45) is 0 Å². The van der Waals surface area contributed by atoms with Gasteiger partial charge in [0.05, 0.1) is 17.8 Å². The van der Waals surface area contributed by atoms with Crippen molar-refractivity contribution >= 4 is 5.91 Å². The number of likely N-dealkylation sites (tertiary alicyclic amines) is 1. The molecule has 2 aromatic heterocycles. The quantitative estimate of drug-likeness (QED) is 0.864. The first-order valence-electron chi connectivity index (χ1n) is 8.67. The molecule has 24 heavy (non-hydrogen) atoms. The number of aryl methyl sites for hydroxylation is 1. The monoisotopic (exact) mass is 325 g/mol. The summed E-state index contributed by atoms with van der Waals surface area (Å²) in [6, 6.07) is 1.90. The molecule has 4 rings (SSSR count). The van der Waals surface area contributed by atoms with Crippen LogP contribution in [-0.2, 0) is 19.6 Å². The topological polar surface area (TPSA) is 54.3 Å². The van der Waals surface area contributed by atoms with Gasteiger partial charge in [0, 0.05) is 38.2 Å². The Morgan fingerprint density at radius 3 is 2.79 bits per heavy atom. The number of hydrogen-bond acceptors (Lipinski definition) is 4. The molecule has 2 aliphatic heterocycles. The summed E-state index contributed by atoms with van der Waals surface area (Å²) in [6.07, 6.45) is 8.16. The minimum atomic E-state index is 0.0431. The summed E-state index contributed by atoms with van der Waals surface area (Å²) in [6.45, 7) is 7.34. The number of fused-ring (bicyclic) bond motifs is 1. The molecule has 0 atom stereocenters. The first-order valence-corrected chi connectivity index (χ1v) is 8.67. The van der Waals surface area contributed by atoms with Crippen LogP contribution in [0.25, 0.3) is 0 Å². The molecule has 0 aliphatic carbocycles. The van der Waals surface area contributed by atoms with Crippen molar-refractivity contribution in [3.8, 4) is 0 Å².